The van der Waals surface area contributed by atoms with Crippen molar-refractivity contribution in [3.8, 4) is 5.75 Å². The Bertz CT molecular complexity index is 1220. The molecule has 1 heterocycles. The number of nitrogens with zero attached hydrogens (tertiary/aromatic N) is 1. The fourth-order valence-corrected chi connectivity index (χ4v) is 5.46. The van der Waals surface area contributed by atoms with Crippen LogP contribution in [0.15, 0.2) is 54.6 Å². The van der Waals surface area contributed by atoms with Gasteiger partial charge in [0.15, 0.2) is 5.78 Å². The Morgan fingerprint density at radius 2 is 1.91 bits per heavy atom. The molecule has 1 aliphatic heterocycles. The average Bonchev–Trinajstić information content (AvgIpc) is 2.83. The van der Waals surface area contributed by atoms with Gasteiger partial charge in [-0.15, -0.1) is 0 Å². The third kappa shape index (κ3) is 5.40. The van der Waals surface area contributed by atoms with Crippen molar-refractivity contribution in [2.24, 2.45) is 5.92 Å². The number of aromatic hydroxyl groups is 1. The summed E-state index contributed by atoms with van der Waals surface area (Å²) < 4.78 is 28.6. The lowest BCUT2D eigenvalue weighted by Gasteiger charge is -2.44. The topological polar surface area (TPSA) is 52.6 Å². The van der Waals surface area contributed by atoms with Crippen LogP contribution < -0.4 is 5.32 Å². The number of halogens is 3. The number of piperidine rings is 1. The molecule has 1 saturated heterocycles. The normalized spacial score (nSPS) is 20.7. The fourth-order valence-electron chi connectivity index (χ4n) is 5.16. The number of phenols is 1. The van der Waals surface area contributed by atoms with E-state index in [1.54, 1.807) is 31.2 Å². The molecule has 7 heteroatoms. The van der Waals surface area contributed by atoms with Gasteiger partial charge in [-0.3, -0.25) is 4.79 Å². The first kappa shape index (κ1) is 25.3. The van der Waals surface area contributed by atoms with E-state index >= 15 is 0 Å². The molecule has 4 rings (SSSR count). The number of hydrogen-bond donors (Lipinski definition) is 2. The van der Waals surface area contributed by atoms with Crippen LogP contribution in [0, 0.1) is 30.5 Å². The first-order valence-electron chi connectivity index (χ1n) is 11.6. The van der Waals surface area contributed by atoms with Gasteiger partial charge in [0.1, 0.15) is 17.4 Å². The molecule has 0 amide bonds. The van der Waals surface area contributed by atoms with Gasteiger partial charge in [0.05, 0.1) is 5.02 Å². The molecule has 3 aromatic rings. The molecule has 3 aromatic carbocycles. The minimum absolute atomic E-state index is 0.00455. The quantitative estimate of drug-likeness (QED) is 0.433. The second kappa shape index (κ2) is 10.9. The molecule has 0 unspecified atom stereocenters. The van der Waals surface area contributed by atoms with E-state index in [-0.39, 0.29) is 28.3 Å². The second-order valence-corrected chi connectivity index (χ2v) is 9.42. The third-order valence-corrected chi connectivity index (χ3v) is 7.19. The summed E-state index contributed by atoms with van der Waals surface area (Å²) in [5, 5.41) is 13.3. The van der Waals surface area contributed by atoms with E-state index in [2.05, 4.69) is 16.3 Å². The van der Waals surface area contributed by atoms with Crippen LogP contribution in [-0.4, -0.2) is 49.0 Å². The van der Waals surface area contributed by atoms with E-state index in [0.29, 0.717) is 42.9 Å². The highest BCUT2D eigenvalue weighted by atomic mass is 35.5. The van der Waals surface area contributed by atoms with Gasteiger partial charge >= 0.3 is 0 Å². The van der Waals surface area contributed by atoms with Crippen molar-refractivity contribution in [3.05, 3.63) is 99.6 Å². The van der Waals surface area contributed by atoms with Crippen molar-refractivity contribution in [2.45, 2.75) is 18.8 Å². The highest BCUT2D eigenvalue weighted by Crippen LogP contribution is 2.47. The zero-order valence-corrected chi connectivity index (χ0v) is 20.4. The zero-order chi connectivity index (χ0) is 25.1. The number of benzene rings is 3. The van der Waals surface area contributed by atoms with Crippen molar-refractivity contribution < 1.29 is 18.7 Å². The maximum Gasteiger partial charge on any atom is 0.167 e. The van der Waals surface area contributed by atoms with Crippen LogP contribution in [0.2, 0.25) is 5.02 Å². The summed E-state index contributed by atoms with van der Waals surface area (Å²) in [5.74, 6) is -2.32. The van der Waals surface area contributed by atoms with Crippen molar-refractivity contribution in [2.75, 3.05) is 33.2 Å². The Kier molecular flexibility index (Phi) is 7.85. The standard InChI is InChI=1S/C28H28ClF2N2O2/c1-17-21(7-4-8-26(17)31)27-23(22-10-9-19(30)14-25(22)29)15-33(12-11-32-2)16-24(27)28(35)18-5-3-6-20(34)13-18/h3-10,13,23-24,27,32,34H,11-12,15-16H2,1-2H3/t23-,24+,27-/m1/s1. The van der Waals surface area contributed by atoms with Crippen LogP contribution in [-0.2, 0) is 0 Å². The lowest BCUT2D eigenvalue weighted by molar-refractivity contribution is 0.0741. The van der Waals surface area contributed by atoms with E-state index in [4.69, 9.17) is 11.6 Å². The highest BCUT2D eigenvalue weighted by Gasteiger charge is 2.43. The Balaban J connectivity index is 1.88. The van der Waals surface area contributed by atoms with E-state index in [1.165, 1.54) is 24.3 Å². The summed E-state index contributed by atoms with van der Waals surface area (Å²) in [4.78, 5) is 16.1. The monoisotopic (exact) mass is 497 g/mol. The first-order chi connectivity index (χ1) is 16.8. The van der Waals surface area contributed by atoms with Gasteiger partial charge in [0, 0.05) is 55.6 Å². The molecule has 0 saturated carbocycles. The molecule has 0 spiro atoms. The van der Waals surface area contributed by atoms with Gasteiger partial charge < -0.3 is 15.3 Å². The van der Waals surface area contributed by atoms with E-state index < -0.39 is 17.7 Å². The molecule has 4 nitrogen and oxygen atoms in total. The smallest absolute Gasteiger partial charge is 0.167 e. The third-order valence-electron chi connectivity index (χ3n) is 6.88. The van der Waals surface area contributed by atoms with Crippen LogP contribution in [0.5, 0.6) is 5.75 Å². The SMILES string of the molecule is CNCCN1C[C@H](C(=O)c2cccc(O)c2)[C@H](c2cccc(F)c2C)[C@@H](c2ccc(F)[c]c2Cl)C1. The van der Waals surface area contributed by atoms with Crippen molar-refractivity contribution in [1.29, 1.82) is 0 Å². The number of phenolic OH excluding ortho intramolecular Hbond substituents is 1. The lowest BCUT2D eigenvalue weighted by Crippen LogP contribution is -2.48. The molecule has 1 fully saturated rings. The summed E-state index contributed by atoms with van der Waals surface area (Å²) in [6.07, 6.45) is 0. The van der Waals surface area contributed by atoms with Gasteiger partial charge in [-0.25, -0.2) is 8.78 Å². The van der Waals surface area contributed by atoms with Crippen LogP contribution >= 0.6 is 11.6 Å². The molecule has 3 atom stereocenters. The van der Waals surface area contributed by atoms with Crippen LogP contribution in [0.1, 0.15) is 38.9 Å². The number of nitrogens with one attached hydrogen (secondary N) is 1. The van der Waals surface area contributed by atoms with Gasteiger partial charge in [-0.05, 0) is 54.9 Å². The van der Waals surface area contributed by atoms with Crippen LogP contribution in [0.3, 0.4) is 0 Å². The molecular weight excluding hydrogens is 470 g/mol. The molecule has 35 heavy (non-hydrogen) atoms. The van der Waals surface area contributed by atoms with E-state index in [9.17, 15) is 18.7 Å². The Morgan fingerprint density at radius 1 is 1.14 bits per heavy atom. The minimum atomic E-state index is -0.563. The van der Waals surface area contributed by atoms with Gasteiger partial charge in [0.2, 0.25) is 0 Å². The summed E-state index contributed by atoms with van der Waals surface area (Å²) in [5.41, 5.74) is 2.26. The molecule has 0 aliphatic carbocycles. The Labute approximate surface area is 209 Å². The molecule has 183 valence electrons. The molecule has 0 aromatic heterocycles. The van der Waals surface area contributed by atoms with Crippen LogP contribution in [0.25, 0.3) is 0 Å². The fraction of sp³-hybridized carbons (Fsp3) is 0.321. The zero-order valence-electron chi connectivity index (χ0n) is 19.7. The highest BCUT2D eigenvalue weighted by molar-refractivity contribution is 6.31. The van der Waals surface area contributed by atoms with Gasteiger partial charge in [0.25, 0.3) is 0 Å². The van der Waals surface area contributed by atoms with Crippen molar-refractivity contribution in [3.63, 3.8) is 0 Å². The van der Waals surface area contributed by atoms with E-state index in [0.717, 1.165) is 5.56 Å². The number of likely N-dealkylation sites (tertiary alicyclic amines) is 1. The van der Waals surface area contributed by atoms with E-state index in [1.807, 2.05) is 13.1 Å². The summed E-state index contributed by atoms with van der Waals surface area (Å²) in [6, 6.07) is 16.7. The number of carbonyl (C=O) groups excluding carboxylic acids is 1. The molecule has 1 aliphatic rings. The Hall–Kier alpha value is -2.80. The second-order valence-electron chi connectivity index (χ2n) is 9.05. The average molecular weight is 498 g/mol. The summed E-state index contributed by atoms with van der Waals surface area (Å²) in [6.45, 7) is 4.13. The van der Waals surface area contributed by atoms with Gasteiger partial charge in [-0.2, -0.15) is 0 Å². The molecule has 2 N–H and O–H groups in total. The molecule has 1 radical (unpaired) electrons. The predicted octanol–water partition coefficient (Wildman–Crippen LogP) is 5.33. The number of Topliss-reactive ketones (excluding diaryl/α,β-unsaturated/α-hetero) is 1. The molecule has 0 bridgehead atoms. The Morgan fingerprint density at radius 3 is 2.63 bits per heavy atom. The lowest BCUT2D eigenvalue weighted by atomic mass is 9.67. The number of carbonyl (C=O) groups is 1. The van der Waals surface area contributed by atoms with Crippen molar-refractivity contribution in [1.82, 2.24) is 10.2 Å². The maximum absolute atomic E-state index is 14.7. The summed E-state index contributed by atoms with van der Waals surface area (Å²) >= 11 is 6.49. The van der Waals surface area contributed by atoms with Crippen molar-refractivity contribution >= 4 is 17.4 Å². The number of hydrogen-bond acceptors (Lipinski definition) is 4. The predicted molar refractivity (Wildman–Crippen MR) is 133 cm³/mol. The summed E-state index contributed by atoms with van der Waals surface area (Å²) in [7, 11) is 1.86. The van der Waals surface area contributed by atoms with Crippen LogP contribution in [0.4, 0.5) is 8.78 Å². The maximum atomic E-state index is 14.7. The number of rotatable bonds is 7. The number of likely N-dealkylation sites (N-methyl/N-ethyl adjacent to an activating group) is 1. The largest absolute Gasteiger partial charge is 0.508 e. The minimum Gasteiger partial charge on any atom is -0.508 e. The molecular formula is C28H28ClF2N2O2. The number of ketones is 1. The first-order valence-corrected chi connectivity index (χ1v) is 12.0. The van der Waals surface area contributed by atoms with Gasteiger partial charge in [-0.1, -0.05) is 41.9 Å².